The van der Waals surface area contributed by atoms with Crippen molar-refractivity contribution in [3.8, 4) is 11.5 Å². The second kappa shape index (κ2) is 12.7. The van der Waals surface area contributed by atoms with Crippen molar-refractivity contribution < 1.29 is 22.7 Å². The first-order valence-corrected chi connectivity index (χ1v) is 14.2. The lowest BCUT2D eigenvalue weighted by Gasteiger charge is -2.24. The summed E-state index contributed by atoms with van der Waals surface area (Å²) in [5.74, 6) is 0.950. The zero-order valence-corrected chi connectivity index (χ0v) is 22.6. The van der Waals surface area contributed by atoms with Crippen LogP contribution in [-0.4, -0.2) is 47.9 Å². The molecule has 0 radical (unpaired) electrons. The lowest BCUT2D eigenvalue weighted by molar-refractivity contribution is -0.119. The van der Waals surface area contributed by atoms with E-state index >= 15 is 0 Å². The van der Waals surface area contributed by atoms with Crippen molar-refractivity contribution in [3.63, 3.8) is 0 Å². The predicted octanol–water partition coefficient (Wildman–Crippen LogP) is 4.68. The standard InChI is InChI=1S/C27H32N2O5S2/c1-20-7-10-22(11-8-20)29(36(31,32)24-14-12-23(35-4)13-15-24)19-27(30)28-17-5-6-21-9-16-25(33-2)26(18-21)34-3/h7-16,18H,5-6,17,19H2,1-4H3,(H,28,30). The van der Waals surface area contributed by atoms with Gasteiger partial charge in [0.05, 0.1) is 24.8 Å². The average Bonchev–Trinajstić information content (AvgIpc) is 2.90. The molecule has 1 N–H and O–H groups in total. The number of hydrogen-bond acceptors (Lipinski definition) is 6. The molecule has 0 aliphatic heterocycles. The van der Waals surface area contributed by atoms with Crippen molar-refractivity contribution in [3.05, 3.63) is 77.9 Å². The van der Waals surface area contributed by atoms with Crippen molar-refractivity contribution in [1.82, 2.24) is 5.32 Å². The largest absolute Gasteiger partial charge is 0.493 e. The minimum absolute atomic E-state index is 0.141. The van der Waals surface area contributed by atoms with Crippen molar-refractivity contribution >= 4 is 33.4 Å². The molecule has 192 valence electrons. The number of carbonyl (C=O) groups excluding carboxylic acids is 1. The van der Waals surface area contributed by atoms with Crippen LogP contribution in [0.1, 0.15) is 17.5 Å². The summed E-state index contributed by atoms with van der Waals surface area (Å²) in [5, 5.41) is 2.85. The van der Waals surface area contributed by atoms with Crippen LogP contribution >= 0.6 is 11.8 Å². The first kappa shape index (κ1) is 27.4. The number of nitrogens with zero attached hydrogens (tertiary/aromatic N) is 1. The highest BCUT2D eigenvalue weighted by molar-refractivity contribution is 7.98. The van der Waals surface area contributed by atoms with Gasteiger partial charge in [0.2, 0.25) is 5.91 Å². The highest BCUT2D eigenvalue weighted by atomic mass is 32.2. The number of anilines is 1. The number of nitrogens with one attached hydrogen (secondary N) is 1. The Morgan fingerprint density at radius 1 is 0.944 bits per heavy atom. The molecule has 3 aromatic carbocycles. The van der Waals surface area contributed by atoms with Gasteiger partial charge in [-0.3, -0.25) is 9.10 Å². The molecular formula is C27H32N2O5S2. The third kappa shape index (κ3) is 6.95. The number of methoxy groups -OCH3 is 2. The molecule has 0 bridgehead atoms. The van der Waals surface area contributed by atoms with E-state index in [0.29, 0.717) is 30.2 Å². The zero-order chi connectivity index (χ0) is 26.1. The molecule has 3 rings (SSSR count). The summed E-state index contributed by atoms with van der Waals surface area (Å²) in [4.78, 5) is 13.9. The highest BCUT2D eigenvalue weighted by Crippen LogP contribution is 2.28. The van der Waals surface area contributed by atoms with Crippen LogP contribution in [0.3, 0.4) is 0 Å². The monoisotopic (exact) mass is 528 g/mol. The third-order valence-electron chi connectivity index (χ3n) is 5.67. The molecule has 0 saturated carbocycles. The number of sulfonamides is 1. The van der Waals surface area contributed by atoms with Gasteiger partial charge < -0.3 is 14.8 Å². The molecule has 0 spiro atoms. The molecule has 0 aromatic heterocycles. The highest BCUT2D eigenvalue weighted by Gasteiger charge is 2.27. The van der Waals surface area contributed by atoms with Crippen LogP contribution in [0, 0.1) is 6.92 Å². The maximum Gasteiger partial charge on any atom is 0.264 e. The minimum Gasteiger partial charge on any atom is -0.493 e. The van der Waals surface area contributed by atoms with Gasteiger partial charge in [-0.25, -0.2) is 8.42 Å². The van der Waals surface area contributed by atoms with Crippen molar-refractivity contribution in [1.29, 1.82) is 0 Å². The number of benzene rings is 3. The summed E-state index contributed by atoms with van der Waals surface area (Å²) in [6.45, 7) is 2.03. The normalized spacial score (nSPS) is 11.1. The van der Waals surface area contributed by atoms with Gasteiger partial charge in [-0.1, -0.05) is 23.8 Å². The van der Waals surface area contributed by atoms with Crippen molar-refractivity contribution in [2.45, 2.75) is 29.6 Å². The van der Waals surface area contributed by atoms with Crippen molar-refractivity contribution in [2.24, 2.45) is 0 Å². The molecule has 7 nitrogen and oxygen atoms in total. The average molecular weight is 529 g/mol. The van der Waals surface area contributed by atoms with Gasteiger partial charge >= 0.3 is 0 Å². The van der Waals surface area contributed by atoms with Gasteiger partial charge in [0.15, 0.2) is 11.5 Å². The fourth-order valence-corrected chi connectivity index (χ4v) is 5.47. The fraction of sp³-hybridized carbons (Fsp3) is 0.296. The van der Waals surface area contributed by atoms with Gasteiger partial charge in [-0.15, -0.1) is 11.8 Å². The smallest absolute Gasteiger partial charge is 0.264 e. The summed E-state index contributed by atoms with van der Waals surface area (Å²) >= 11 is 1.53. The van der Waals surface area contributed by atoms with E-state index in [4.69, 9.17) is 9.47 Å². The van der Waals surface area contributed by atoms with Crippen LogP contribution in [0.15, 0.2) is 76.5 Å². The van der Waals surface area contributed by atoms with Crippen LogP contribution in [0.4, 0.5) is 5.69 Å². The number of hydrogen-bond donors (Lipinski definition) is 1. The van der Waals surface area contributed by atoms with Crippen LogP contribution in [0.2, 0.25) is 0 Å². The Balaban J connectivity index is 1.68. The maximum atomic E-state index is 13.5. The van der Waals surface area contributed by atoms with Crippen LogP contribution < -0.4 is 19.1 Å². The Bertz CT molecular complexity index is 1260. The fourth-order valence-electron chi connectivity index (χ4n) is 3.64. The lowest BCUT2D eigenvalue weighted by atomic mass is 10.1. The first-order valence-electron chi connectivity index (χ1n) is 11.5. The van der Waals surface area contributed by atoms with Crippen LogP contribution in [0.25, 0.3) is 0 Å². The van der Waals surface area contributed by atoms with E-state index in [1.165, 1.54) is 11.8 Å². The maximum absolute atomic E-state index is 13.5. The summed E-state index contributed by atoms with van der Waals surface area (Å²) < 4.78 is 38.8. The summed E-state index contributed by atoms with van der Waals surface area (Å²) in [6, 6.07) is 19.5. The third-order valence-corrected chi connectivity index (χ3v) is 8.20. The topological polar surface area (TPSA) is 84.9 Å². The first-order chi connectivity index (χ1) is 17.3. The Morgan fingerprint density at radius 2 is 1.61 bits per heavy atom. The van der Waals surface area contributed by atoms with Crippen molar-refractivity contribution in [2.75, 3.05) is 37.9 Å². The Hall–Kier alpha value is -3.17. The van der Waals surface area contributed by atoms with E-state index in [0.717, 1.165) is 26.7 Å². The quantitative estimate of drug-likeness (QED) is 0.272. The molecule has 9 heteroatoms. The Morgan fingerprint density at radius 3 is 2.22 bits per heavy atom. The van der Waals surface area contributed by atoms with E-state index in [-0.39, 0.29) is 17.3 Å². The molecule has 1 amide bonds. The second-order valence-corrected chi connectivity index (χ2v) is 10.9. The lowest BCUT2D eigenvalue weighted by Crippen LogP contribution is -2.41. The van der Waals surface area contributed by atoms with Crippen LogP contribution in [0.5, 0.6) is 11.5 Å². The Labute approximate surface area is 217 Å². The van der Waals surface area contributed by atoms with Gasteiger partial charge in [-0.05, 0) is 80.1 Å². The molecule has 0 fully saturated rings. The van der Waals surface area contributed by atoms with E-state index in [2.05, 4.69) is 5.32 Å². The molecular weight excluding hydrogens is 496 g/mol. The minimum atomic E-state index is -3.94. The summed E-state index contributed by atoms with van der Waals surface area (Å²) in [5.41, 5.74) is 2.49. The molecule has 0 aliphatic rings. The number of rotatable bonds is 12. The Kier molecular flexibility index (Phi) is 9.66. The summed E-state index contributed by atoms with van der Waals surface area (Å²) in [6.07, 6.45) is 3.34. The zero-order valence-electron chi connectivity index (χ0n) is 21.0. The SMILES string of the molecule is COc1ccc(CCCNC(=O)CN(c2ccc(C)cc2)S(=O)(=O)c2ccc(SC)cc2)cc1OC. The molecule has 36 heavy (non-hydrogen) atoms. The van der Waals surface area contributed by atoms with E-state index in [1.807, 2.05) is 43.5 Å². The molecule has 0 unspecified atom stereocenters. The van der Waals surface area contributed by atoms with E-state index < -0.39 is 10.0 Å². The second-order valence-electron chi connectivity index (χ2n) is 8.17. The number of amides is 1. The van der Waals surface area contributed by atoms with Gasteiger partial charge in [0.25, 0.3) is 10.0 Å². The molecule has 0 aliphatic carbocycles. The van der Waals surface area contributed by atoms with Crippen LogP contribution in [-0.2, 0) is 21.2 Å². The van der Waals surface area contributed by atoms with E-state index in [1.54, 1.807) is 50.6 Å². The number of ether oxygens (including phenoxy) is 2. The molecule has 0 saturated heterocycles. The van der Waals surface area contributed by atoms with Gasteiger partial charge in [0, 0.05) is 11.4 Å². The molecule has 0 heterocycles. The number of carbonyl (C=O) groups is 1. The predicted molar refractivity (Wildman–Crippen MR) is 145 cm³/mol. The molecule has 3 aromatic rings. The van der Waals surface area contributed by atoms with Gasteiger partial charge in [0.1, 0.15) is 6.54 Å². The summed E-state index contributed by atoms with van der Waals surface area (Å²) in [7, 11) is -0.758. The number of thioether (sulfide) groups is 1. The molecule has 0 atom stereocenters. The van der Waals surface area contributed by atoms with Gasteiger partial charge in [-0.2, -0.15) is 0 Å². The van der Waals surface area contributed by atoms with E-state index in [9.17, 15) is 13.2 Å². The number of aryl methyl sites for hydroxylation is 2.